The molecule has 17 heavy (non-hydrogen) atoms. The fraction of sp³-hybridized carbons (Fsp3) is 0.667. The molecule has 0 aliphatic heterocycles. The number of hydrogen-bond donors (Lipinski definition) is 2. The molecule has 0 aliphatic rings. The number of hydrogen-bond acceptors (Lipinski definition) is 4. The van der Waals surface area contributed by atoms with Crippen molar-refractivity contribution < 1.29 is 9.90 Å². The van der Waals surface area contributed by atoms with E-state index in [1.165, 1.54) is 0 Å². The van der Waals surface area contributed by atoms with Gasteiger partial charge in [0.15, 0.2) is 0 Å². The molecule has 0 aliphatic carbocycles. The van der Waals surface area contributed by atoms with Gasteiger partial charge in [-0.3, -0.25) is 10.1 Å². The molecule has 0 aromatic carbocycles. The van der Waals surface area contributed by atoms with E-state index in [1.807, 2.05) is 12.3 Å². The third-order valence-electron chi connectivity index (χ3n) is 2.47. The van der Waals surface area contributed by atoms with Crippen LogP contribution in [0.4, 0.5) is 0 Å². The highest BCUT2D eigenvalue weighted by atomic mass is 32.1. The Balaban J connectivity index is 2.50. The van der Waals surface area contributed by atoms with Crippen molar-refractivity contribution in [2.75, 3.05) is 0 Å². The number of rotatable bonds is 7. The summed E-state index contributed by atoms with van der Waals surface area (Å²) in [6.07, 6.45) is 1.51. The van der Waals surface area contributed by atoms with E-state index in [9.17, 15) is 4.79 Å². The van der Waals surface area contributed by atoms with Gasteiger partial charge in [-0.05, 0) is 6.42 Å². The quantitative estimate of drug-likeness (QED) is 0.787. The van der Waals surface area contributed by atoms with Crippen LogP contribution < -0.4 is 5.32 Å². The van der Waals surface area contributed by atoms with Crippen molar-refractivity contribution in [3.8, 4) is 0 Å². The van der Waals surface area contributed by atoms with Gasteiger partial charge in [0, 0.05) is 17.8 Å². The average molecular weight is 256 g/mol. The topological polar surface area (TPSA) is 62.2 Å². The van der Waals surface area contributed by atoms with Gasteiger partial charge in [0.2, 0.25) is 0 Å². The zero-order valence-electron chi connectivity index (χ0n) is 10.6. The largest absolute Gasteiger partial charge is 0.480 e. The Labute approximate surface area is 106 Å². The molecule has 1 heterocycles. The third-order valence-corrected chi connectivity index (χ3v) is 3.66. The van der Waals surface area contributed by atoms with E-state index in [4.69, 9.17) is 5.11 Å². The molecular weight excluding hydrogens is 236 g/mol. The molecule has 4 nitrogen and oxygen atoms in total. The predicted molar refractivity (Wildman–Crippen MR) is 69.4 cm³/mol. The van der Waals surface area contributed by atoms with Crippen LogP contribution in [0.5, 0.6) is 0 Å². The predicted octanol–water partition coefficient (Wildman–Crippen LogP) is 2.61. The minimum atomic E-state index is -0.786. The molecule has 0 fully saturated rings. The fourth-order valence-electron chi connectivity index (χ4n) is 1.50. The van der Waals surface area contributed by atoms with Crippen molar-refractivity contribution in [2.24, 2.45) is 0 Å². The Hall–Kier alpha value is -0.940. The summed E-state index contributed by atoms with van der Waals surface area (Å²) in [5, 5.41) is 15.1. The van der Waals surface area contributed by atoms with Gasteiger partial charge in [-0.1, -0.05) is 27.2 Å². The number of carboxylic acid groups (broad SMARTS) is 1. The highest BCUT2D eigenvalue weighted by molar-refractivity contribution is 7.09. The molecular formula is C12H20N2O2S. The lowest BCUT2D eigenvalue weighted by Gasteiger charge is -2.12. The summed E-state index contributed by atoms with van der Waals surface area (Å²) in [6, 6.07) is -0.468. The van der Waals surface area contributed by atoms with Crippen molar-refractivity contribution >= 4 is 17.3 Å². The van der Waals surface area contributed by atoms with Gasteiger partial charge in [-0.2, -0.15) is 0 Å². The van der Waals surface area contributed by atoms with Crippen molar-refractivity contribution in [1.29, 1.82) is 0 Å². The molecule has 96 valence electrons. The van der Waals surface area contributed by atoms with Crippen LogP contribution in [-0.4, -0.2) is 22.1 Å². The van der Waals surface area contributed by atoms with Crippen LogP contribution in [0, 0.1) is 0 Å². The summed E-state index contributed by atoms with van der Waals surface area (Å²) >= 11 is 1.63. The molecule has 2 N–H and O–H groups in total. The van der Waals surface area contributed by atoms with E-state index < -0.39 is 12.0 Å². The first-order valence-electron chi connectivity index (χ1n) is 5.95. The summed E-state index contributed by atoms with van der Waals surface area (Å²) in [7, 11) is 0. The molecule has 0 spiro atoms. The third kappa shape index (κ3) is 4.44. The highest BCUT2D eigenvalue weighted by Gasteiger charge is 2.16. The molecule has 1 atom stereocenters. The normalized spacial score (nSPS) is 12.9. The zero-order chi connectivity index (χ0) is 12.8. The van der Waals surface area contributed by atoms with Crippen molar-refractivity contribution in [1.82, 2.24) is 10.3 Å². The Morgan fingerprint density at radius 2 is 2.29 bits per heavy atom. The van der Waals surface area contributed by atoms with E-state index in [2.05, 4.69) is 24.1 Å². The lowest BCUT2D eigenvalue weighted by atomic mass is 10.1. The van der Waals surface area contributed by atoms with Crippen LogP contribution in [0.25, 0.3) is 0 Å². The van der Waals surface area contributed by atoms with Crippen LogP contribution in [0.15, 0.2) is 5.38 Å². The standard InChI is InChI=1S/C12H20N2O2S/c1-4-5-10(12(15)16)13-6-9-7-17-11(14-9)8(2)3/h7-8,10,13H,4-6H2,1-3H3,(H,15,16). The highest BCUT2D eigenvalue weighted by Crippen LogP contribution is 2.19. The zero-order valence-corrected chi connectivity index (χ0v) is 11.4. The Morgan fingerprint density at radius 3 is 2.76 bits per heavy atom. The number of carbonyl (C=O) groups is 1. The number of nitrogens with one attached hydrogen (secondary N) is 1. The van der Waals surface area contributed by atoms with Crippen molar-refractivity contribution in [3.63, 3.8) is 0 Å². The van der Waals surface area contributed by atoms with Crippen molar-refractivity contribution in [3.05, 3.63) is 16.1 Å². The lowest BCUT2D eigenvalue weighted by Crippen LogP contribution is -2.36. The van der Waals surface area contributed by atoms with E-state index in [1.54, 1.807) is 11.3 Å². The Kier molecular flexibility index (Phi) is 5.58. The van der Waals surface area contributed by atoms with Crippen LogP contribution in [0.1, 0.15) is 50.2 Å². The van der Waals surface area contributed by atoms with E-state index in [-0.39, 0.29) is 0 Å². The summed E-state index contributed by atoms with van der Waals surface area (Å²) in [6.45, 7) is 6.72. The molecule has 5 heteroatoms. The molecule has 0 bridgehead atoms. The Bertz CT molecular complexity index is 363. The van der Waals surface area contributed by atoms with Gasteiger partial charge in [0.05, 0.1) is 10.7 Å². The second-order valence-corrected chi connectivity index (χ2v) is 5.28. The van der Waals surface area contributed by atoms with Gasteiger partial charge < -0.3 is 5.11 Å². The van der Waals surface area contributed by atoms with E-state index >= 15 is 0 Å². The molecule has 1 rings (SSSR count). The SMILES string of the molecule is CCCC(NCc1csc(C(C)C)n1)C(=O)O. The maximum Gasteiger partial charge on any atom is 0.320 e. The van der Waals surface area contributed by atoms with Gasteiger partial charge in [-0.15, -0.1) is 11.3 Å². The first-order chi connectivity index (χ1) is 8.04. The lowest BCUT2D eigenvalue weighted by molar-refractivity contribution is -0.139. The summed E-state index contributed by atoms with van der Waals surface area (Å²) in [5.41, 5.74) is 0.932. The molecule has 0 amide bonds. The first kappa shape index (κ1) is 14.1. The van der Waals surface area contributed by atoms with Crippen LogP contribution in [-0.2, 0) is 11.3 Å². The first-order valence-corrected chi connectivity index (χ1v) is 6.83. The number of nitrogens with zero attached hydrogens (tertiary/aromatic N) is 1. The molecule has 0 radical (unpaired) electrons. The van der Waals surface area contributed by atoms with Crippen molar-refractivity contribution in [2.45, 2.75) is 52.1 Å². The number of carboxylic acids is 1. The number of thiazole rings is 1. The van der Waals surface area contributed by atoms with Crippen LogP contribution in [0.2, 0.25) is 0 Å². The fourth-order valence-corrected chi connectivity index (χ4v) is 2.33. The molecule has 1 aromatic heterocycles. The maximum atomic E-state index is 10.9. The second-order valence-electron chi connectivity index (χ2n) is 4.39. The summed E-state index contributed by atoms with van der Waals surface area (Å²) in [5.74, 6) is -0.356. The molecule has 1 aromatic rings. The molecule has 0 saturated heterocycles. The average Bonchev–Trinajstić information content (AvgIpc) is 2.72. The maximum absolute atomic E-state index is 10.9. The van der Waals surface area contributed by atoms with E-state index in [0.717, 1.165) is 17.1 Å². The summed E-state index contributed by atoms with van der Waals surface area (Å²) < 4.78 is 0. The van der Waals surface area contributed by atoms with Crippen LogP contribution >= 0.6 is 11.3 Å². The molecule has 1 unspecified atom stereocenters. The van der Waals surface area contributed by atoms with Crippen LogP contribution in [0.3, 0.4) is 0 Å². The second kappa shape index (κ2) is 6.71. The minimum Gasteiger partial charge on any atom is -0.480 e. The monoisotopic (exact) mass is 256 g/mol. The number of aliphatic carboxylic acids is 1. The van der Waals surface area contributed by atoms with E-state index in [0.29, 0.717) is 18.9 Å². The molecule has 0 saturated carbocycles. The van der Waals surface area contributed by atoms with Gasteiger partial charge in [-0.25, -0.2) is 4.98 Å². The summed E-state index contributed by atoms with van der Waals surface area (Å²) in [4.78, 5) is 15.4. The van der Waals surface area contributed by atoms with Gasteiger partial charge in [0.25, 0.3) is 0 Å². The number of aromatic nitrogens is 1. The van der Waals surface area contributed by atoms with Gasteiger partial charge >= 0.3 is 5.97 Å². The minimum absolute atomic E-state index is 0.430. The Morgan fingerprint density at radius 1 is 1.59 bits per heavy atom. The smallest absolute Gasteiger partial charge is 0.320 e. The van der Waals surface area contributed by atoms with Gasteiger partial charge in [0.1, 0.15) is 6.04 Å².